The van der Waals surface area contributed by atoms with Crippen LogP contribution in [0.3, 0.4) is 0 Å². The molecule has 1 fully saturated rings. The van der Waals surface area contributed by atoms with Gasteiger partial charge in [-0.25, -0.2) is 4.79 Å². The van der Waals surface area contributed by atoms with Gasteiger partial charge in [-0.05, 0) is 43.6 Å². The highest BCUT2D eigenvalue weighted by molar-refractivity contribution is 5.73. The van der Waals surface area contributed by atoms with Crippen LogP contribution < -0.4 is 11.5 Å². The van der Waals surface area contributed by atoms with Gasteiger partial charge in [-0.1, -0.05) is 44.2 Å². The molecule has 4 N–H and O–H groups in total. The number of carbonyl (C=O) groups is 1. The standard InChI is InChI=1S/C18H29N3O/c1-17(2)11-15(19)12-18(3,13-17)21(16(20)22)10-9-14-7-5-4-6-8-14/h4-8,15H,9-13,19H2,1-3H3,(H2,20,22). The summed E-state index contributed by atoms with van der Waals surface area (Å²) in [4.78, 5) is 13.9. The first-order valence-corrected chi connectivity index (χ1v) is 8.08. The fraction of sp³-hybridized carbons (Fsp3) is 0.611. The number of nitrogens with two attached hydrogens (primary N) is 2. The second kappa shape index (κ2) is 6.29. The minimum absolute atomic E-state index is 0.118. The highest BCUT2D eigenvalue weighted by Crippen LogP contribution is 2.43. The van der Waals surface area contributed by atoms with Crippen LogP contribution in [-0.4, -0.2) is 29.1 Å². The third-order valence-corrected chi connectivity index (χ3v) is 4.76. The molecule has 22 heavy (non-hydrogen) atoms. The number of rotatable bonds is 4. The van der Waals surface area contributed by atoms with Crippen LogP contribution in [-0.2, 0) is 6.42 Å². The van der Waals surface area contributed by atoms with Crippen molar-refractivity contribution < 1.29 is 4.79 Å². The first kappa shape index (κ1) is 16.8. The van der Waals surface area contributed by atoms with E-state index < -0.39 is 0 Å². The summed E-state index contributed by atoms with van der Waals surface area (Å²) in [6, 6.07) is 9.97. The molecule has 0 spiro atoms. The zero-order chi connectivity index (χ0) is 16.4. The quantitative estimate of drug-likeness (QED) is 0.897. The van der Waals surface area contributed by atoms with Crippen molar-refractivity contribution in [2.24, 2.45) is 16.9 Å². The van der Waals surface area contributed by atoms with E-state index in [-0.39, 0.29) is 23.0 Å². The molecule has 1 aliphatic rings. The number of hydrogen-bond donors (Lipinski definition) is 2. The van der Waals surface area contributed by atoms with Crippen molar-refractivity contribution in [2.45, 2.75) is 58.0 Å². The Hall–Kier alpha value is -1.55. The van der Waals surface area contributed by atoms with Gasteiger partial charge in [0.05, 0.1) is 0 Å². The number of urea groups is 1. The molecule has 0 bridgehead atoms. The molecule has 1 saturated carbocycles. The Morgan fingerprint density at radius 2 is 1.86 bits per heavy atom. The molecule has 4 heteroatoms. The van der Waals surface area contributed by atoms with Gasteiger partial charge in [0.2, 0.25) is 0 Å². The molecule has 0 heterocycles. The second-order valence-electron chi connectivity index (χ2n) is 7.73. The zero-order valence-corrected chi connectivity index (χ0v) is 14.0. The van der Waals surface area contributed by atoms with Gasteiger partial charge in [0, 0.05) is 18.1 Å². The average Bonchev–Trinajstić information content (AvgIpc) is 2.36. The molecular formula is C18H29N3O. The SMILES string of the molecule is CC1(C)CC(N)CC(C)(N(CCc2ccccc2)C(N)=O)C1. The van der Waals surface area contributed by atoms with E-state index in [1.54, 1.807) is 0 Å². The maximum atomic E-state index is 12.1. The average molecular weight is 303 g/mol. The number of primary amides is 1. The van der Waals surface area contributed by atoms with Crippen molar-refractivity contribution in [1.82, 2.24) is 4.90 Å². The Balaban J connectivity index is 2.14. The van der Waals surface area contributed by atoms with Crippen molar-refractivity contribution in [3.63, 3.8) is 0 Å². The third-order valence-electron chi connectivity index (χ3n) is 4.76. The lowest BCUT2D eigenvalue weighted by Gasteiger charge is -2.50. The van der Waals surface area contributed by atoms with Crippen LogP contribution in [0, 0.1) is 5.41 Å². The number of amides is 2. The lowest BCUT2D eigenvalue weighted by Crippen LogP contribution is -2.59. The van der Waals surface area contributed by atoms with Crippen LogP contribution in [0.5, 0.6) is 0 Å². The first-order chi connectivity index (χ1) is 10.2. The fourth-order valence-electron chi connectivity index (χ4n) is 4.26. The number of benzene rings is 1. The van der Waals surface area contributed by atoms with Gasteiger partial charge in [0.25, 0.3) is 0 Å². The van der Waals surface area contributed by atoms with Crippen LogP contribution >= 0.6 is 0 Å². The van der Waals surface area contributed by atoms with Gasteiger partial charge in [-0.3, -0.25) is 0 Å². The van der Waals surface area contributed by atoms with Crippen LogP contribution in [0.15, 0.2) is 30.3 Å². The normalized spacial score (nSPS) is 27.4. The van der Waals surface area contributed by atoms with E-state index in [9.17, 15) is 4.79 Å². The van der Waals surface area contributed by atoms with E-state index in [0.717, 1.165) is 25.7 Å². The molecule has 2 atom stereocenters. The maximum Gasteiger partial charge on any atom is 0.315 e. The van der Waals surface area contributed by atoms with Crippen LogP contribution in [0.1, 0.15) is 45.6 Å². The largest absolute Gasteiger partial charge is 0.351 e. The Bertz CT molecular complexity index is 514. The predicted molar refractivity (Wildman–Crippen MR) is 90.4 cm³/mol. The summed E-state index contributed by atoms with van der Waals surface area (Å²) >= 11 is 0. The molecule has 2 amide bonds. The number of hydrogen-bond acceptors (Lipinski definition) is 2. The van der Waals surface area contributed by atoms with Crippen molar-refractivity contribution in [3.8, 4) is 0 Å². The fourth-order valence-corrected chi connectivity index (χ4v) is 4.26. The number of nitrogens with zero attached hydrogens (tertiary/aromatic N) is 1. The predicted octanol–water partition coefficient (Wildman–Crippen LogP) is 2.91. The van der Waals surface area contributed by atoms with Crippen LogP contribution in [0.25, 0.3) is 0 Å². The van der Waals surface area contributed by atoms with E-state index in [4.69, 9.17) is 11.5 Å². The molecule has 2 rings (SSSR count). The van der Waals surface area contributed by atoms with Crippen molar-refractivity contribution in [2.75, 3.05) is 6.54 Å². The Labute approximate surface area is 133 Å². The molecule has 1 aromatic carbocycles. The zero-order valence-electron chi connectivity index (χ0n) is 14.0. The Kier molecular flexibility index (Phi) is 4.81. The minimum Gasteiger partial charge on any atom is -0.351 e. The molecule has 0 radical (unpaired) electrons. The third kappa shape index (κ3) is 4.01. The van der Waals surface area contributed by atoms with Crippen molar-refractivity contribution in [3.05, 3.63) is 35.9 Å². The summed E-state index contributed by atoms with van der Waals surface area (Å²) < 4.78 is 0. The smallest absolute Gasteiger partial charge is 0.315 e. The molecule has 0 saturated heterocycles. The molecular weight excluding hydrogens is 274 g/mol. The minimum atomic E-state index is -0.344. The Morgan fingerprint density at radius 3 is 2.41 bits per heavy atom. The van der Waals surface area contributed by atoms with Crippen molar-refractivity contribution >= 4 is 6.03 Å². The summed E-state index contributed by atoms with van der Waals surface area (Å²) in [5.74, 6) is 0. The van der Waals surface area contributed by atoms with E-state index in [0.29, 0.717) is 6.54 Å². The van der Waals surface area contributed by atoms with E-state index in [1.807, 2.05) is 23.1 Å². The summed E-state index contributed by atoms with van der Waals surface area (Å²) in [5, 5.41) is 0. The first-order valence-electron chi connectivity index (χ1n) is 8.08. The second-order valence-corrected chi connectivity index (χ2v) is 7.73. The molecule has 122 valence electrons. The molecule has 2 unspecified atom stereocenters. The summed E-state index contributed by atoms with van der Waals surface area (Å²) in [6.07, 6.45) is 3.56. The molecule has 4 nitrogen and oxygen atoms in total. The highest BCUT2D eigenvalue weighted by atomic mass is 16.2. The van der Waals surface area contributed by atoms with Gasteiger partial charge in [0.15, 0.2) is 0 Å². The lowest BCUT2D eigenvalue weighted by atomic mass is 9.66. The van der Waals surface area contributed by atoms with Crippen molar-refractivity contribution in [1.29, 1.82) is 0 Å². The van der Waals surface area contributed by atoms with E-state index >= 15 is 0 Å². The topological polar surface area (TPSA) is 72.3 Å². The molecule has 0 aromatic heterocycles. The van der Waals surface area contributed by atoms with E-state index in [1.165, 1.54) is 5.56 Å². The Morgan fingerprint density at radius 1 is 1.23 bits per heavy atom. The van der Waals surface area contributed by atoms with E-state index in [2.05, 4.69) is 32.9 Å². The van der Waals surface area contributed by atoms with Crippen LogP contribution in [0.2, 0.25) is 0 Å². The summed E-state index contributed by atoms with van der Waals surface area (Å²) in [5.41, 5.74) is 13.0. The molecule has 1 aliphatic carbocycles. The summed E-state index contributed by atoms with van der Waals surface area (Å²) in [6.45, 7) is 7.21. The summed E-state index contributed by atoms with van der Waals surface area (Å²) in [7, 11) is 0. The van der Waals surface area contributed by atoms with Crippen LogP contribution in [0.4, 0.5) is 4.79 Å². The lowest BCUT2D eigenvalue weighted by molar-refractivity contribution is 0.0362. The van der Waals surface area contributed by atoms with Gasteiger partial charge < -0.3 is 16.4 Å². The monoisotopic (exact) mass is 303 g/mol. The maximum absolute atomic E-state index is 12.1. The highest BCUT2D eigenvalue weighted by Gasteiger charge is 2.44. The van der Waals surface area contributed by atoms with Gasteiger partial charge >= 0.3 is 6.03 Å². The molecule has 1 aromatic rings. The molecule has 0 aliphatic heterocycles. The van der Waals surface area contributed by atoms with Gasteiger partial charge in [-0.2, -0.15) is 0 Å². The number of carbonyl (C=O) groups excluding carboxylic acids is 1. The van der Waals surface area contributed by atoms with Gasteiger partial charge in [0.1, 0.15) is 0 Å². The van der Waals surface area contributed by atoms with Gasteiger partial charge in [-0.15, -0.1) is 0 Å².